The van der Waals surface area contributed by atoms with Gasteiger partial charge in [0.1, 0.15) is 0 Å². The predicted octanol–water partition coefficient (Wildman–Crippen LogP) is 2.79. The number of thiazole rings is 1. The summed E-state index contributed by atoms with van der Waals surface area (Å²) >= 11 is 1.41. The molecular weight excluding hydrogens is 358 g/mol. The molecule has 1 saturated heterocycles. The lowest BCUT2D eigenvalue weighted by atomic mass is 9.98. The Balaban J connectivity index is 1.92. The van der Waals surface area contributed by atoms with E-state index in [1.165, 1.54) is 21.9 Å². The van der Waals surface area contributed by atoms with Crippen LogP contribution in [0.4, 0.5) is 10.8 Å². The van der Waals surface area contributed by atoms with Gasteiger partial charge in [-0.3, -0.25) is 9.69 Å². The zero-order valence-corrected chi connectivity index (χ0v) is 15.9. The van der Waals surface area contributed by atoms with Crippen LogP contribution in [-0.2, 0) is 14.8 Å². The molecule has 0 radical (unpaired) electrons. The number of rotatable bonds is 4. The van der Waals surface area contributed by atoms with Crippen molar-refractivity contribution < 1.29 is 13.2 Å². The molecule has 2 aromatic rings. The highest BCUT2D eigenvalue weighted by molar-refractivity contribution is 7.88. The molecule has 2 heterocycles. The van der Waals surface area contributed by atoms with Crippen molar-refractivity contribution in [2.24, 2.45) is 5.92 Å². The molecule has 1 aliphatic rings. The van der Waals surface area contributed by atoms with Gasteiger partial charge < -0.3 is 0 Å². The fourth-order valence-corrected chi connectivity index (χ4v) is 4.72. The minimum atomic E-state index is -3.29. The summed E-state index contributed by atoms with van der Waals surface area (Å²) in [7, 11) is -3.29. The van der Waals surface area contributed by atoms with Gasteiger partial charge in [-0.15, -0.1) is 11.3 Å². The van der Waals surface area contributed by atoms with Gasteiger partial charge in [-0.25, -0.2) is 17.7 Å². The van der Waals surface area contributed by atoms with Crippen molar-refractivity contribution in [2.75, 3.05) is 24.2 Å². The molecule has 1 fully saturated rings. The van der Waals surface area contributed by atoms with Crippen LogP contribution in [0.25, 0.3) is 0 Å². The van der Waals surface area contributed by atoms with E-state index in [2.05, 4.69) is 4.98 Å². The van der Waals surface area contributed by atoms with Gasteiger partial charge in [-0.2, -0.15) is 0 Å². The van der Waals surface area contributed by atoms with Gasteiger partial charge in [0.05, 0.1) is 23.6 Å². The van der Waals surface area contributed by atoms with Crippen molar-refractivity contribution in [3.63, 3.8) is 0 Å². The van der Waals surface area contributed by atoms with Crippen LogP contribution in [0.2, 0.25) is 0 Å². The number of carbonyl (C=O) groups is 1. The number of para-hydroxylation sites is 1. The maximum absolute atomic E-state index is 13.3. The average Bonchev–Trinajstić information content (AvgIpc) is 3.01. The molecule has 0 saturated carbocycles. The standard InChI is InChI=1S/C17H21N3O3S2/c1-13-12-24-17(18-13)20(15-8-4-3-5-9-15)16(21)14-7-6-10-19(11-14)25(2,22)23/h3-5,8-9,12,14H,6-7,10-11H2,1-2H3. The lowest BCUT2D eigenvalue weighted by Gasteiger charge is -2.33. The quantitative estimate of drug-likeness (QED) is 0.819. The summed E-state index contributed by atoms with van der Waals surface area (Å²) in [5.41, 5.74) is 1.61. The molecule has 1 aromatic heterocycles. The van der Waals surface area contributed by atoms with Crippen molar-refractivity contribution in [1.29, 1.82) is 0 Å². The van der Waals surface area contributed by atoms with E-state index < -0.39 is 10.0 Å². The number of carbonyl (C=O) groups excluding carboxylic acids is 1. The first-order valence-corrected chi connectivity index (χ1v) is 10.9. The maximum atomic E-state index is 13.3. The molecule has 1 unspecified atom stereocenters. The number of benzene rings is 1. The third-order valence-electron chi connectivity index (χ3n) is 4.24. The van der Waals surface area contributed by atoms with Gasteiger partial charge in [0.25, 0.3) is 0 Å². The summed E-state index contributed by atoms with van der Waals surface area (Å²) in [4.78, 5) is 19.3. The first-order valence-electron chi connectivity index (χ1n) is 8.12. The maximum Gasteiger partial charge on any atom is 0.237 e. The summed E-state index contributed by atoms with van der Waals surface area (Å²) in [6, 6.07) is 9.38. The molecule has 134 valence electrons. The van der Waals surface area contributed by atoms with E-state index >= 15 is 0 Å². The van der Waals surface area contributed by atoms with Crippen molar-refractivity contribution in [1.82, 2.24) is 9.29 Å². The van der Waals surface area contributed by atoms with Crippen LogP contribution >= 0.6 is 11.3 Å². The molecule has 0 aliphatic carbocycles. The summed E-state index contributed by atoms with van der Waals surface area (Å²) in [6.07, 6.45) is 2.56. The molecule has 3 rings (SSSR count). The summed E-state index contributed by atoms with van der Waals surface area (Å²) in [5, 5.41) is 2.52. The Morgan fingerprint density at radius 3 is 2.64 bits per heavy atom. The Hall–Kier alpha value is -1.77. The van der Waals surface area contributed by atoms with Crippen LogP contribution in [0.15, 0.2) is 35.7 Å². The summed E-state index contributed by atoms with van der Waals surface area (Å²) < 4.78 is 25.1. The molecule has 6 nitrogen and oxygen atoms in total. The predicted molar refractivity (Wildman–Crippen MR) is 99.6 cm³/mol. The number of anilines is 2. The minimum Gasteiger partial charge on any atom is -0.274 e. The molecule has 0 bridgehead atoms. The first kappa shape index (κ1) is 18.0. The molecule has 1 aliphatic heterocycles. The Morgan fingerprint density at radius 1 is 1.32 bits per heavy atom. The number of piperidine rings is 1. The topological polar surface area (TPSA) is 70.6 Å². The van der Waals surface area contributed by atoms with Crippen LogP contribution in [0, 0.1) is 12.8 Å². The van der Waals surface area contributed by atoms with Gasteiger partial charge in [0.15, 0.2) is 5.13 Å². The number of hydrogen-bond acceptors (Lipinski definition) is 5. The van der Waals surface area contributed by atoms with E-state index in [0.29, 0.717) is 24.5 Å². The second kappa shape index (κ2) is 7.23. The second-order valence-corrected chi connectivity index (χ2v) is 9.06. The zero-order valence-electron chi connectivity index (χ0n) is 14.3. The number of amides is 1. The number of sulfonamides is 1. The number of aryl methyl sites for hydroxylation is 1. The van der Waals surface area contributed by atoms with E-state index in [4.69, 9.17) is 0 Å². The Bertz CT molecular complexity index is 849. The fraction of sp³-hybridized carbons (Fsp3) is 0.412. The molecule has 0 spiro atoms. The zero-order chi connectivity index (χ0) is 18.0. The third-order valence-corrected chi connectivity index (χ3v) is 6.45. The molecule has 25 heavy (non-hydrogen) atoms. The first-order chi connectivity index (χ1) is 11.9. The van der Waals surface area contributed by atoms with Crippen molar-refractivity contribution >= 4 is 38.1 Å². The number of aromatic nitrogens is 1. The Kier molecular flexibility index (Phi) is 5.21. The van der Waals surface area contributed by atoms with Crippen LogP contribution in [0.3, 0.4) is 0 Å². The normalized spacial score (nSPS) is 18.9. The molecule has 1 amide bonds. The van der Waals surface area contributed by atoms with Gasteiger partial charge in [-0.05, 0) is 31.9 Å². The lowest BCUT2D eigenvalue weighted by Crippen LogP contribution is -2.45. The van der Waals surface area contributed by atoms with Crippen molar-refractivity contribution in [3.8, 4) is 0 Å². The van der Waals surface area contributed by atoms with Crippen LogP contribution in [0.1, 0.15) is 18.5 Å². The van der Waals surface area contributed by atoms with Crippen LogP contribution < -0.4 is 4.90 Å². The lowest BCUT2D eigenvalue weighted by molar-refractivity contribution is -0.122. The summed E-state index contributed by atoms with van der Waals surface area (Å²) in [5.74, 6) is -0.471. The molecule has 1 aromatic carbocycles. The smallest absolute Gasteiger partial charge is 0.237 e. The van der Waals surface area contributed by atoms with E-state index in [9.17, 15) is 13.2 Å². The van der Waals surface area contributed by atoms with Gasteiger partial charge in [0.2, 0.25) is 15.9 Å². The number of hydrogen-bond donors (Lipinski definition) is 0. The average molecular weight is 380 g/mol. The summed E-state index contributed by atoms with van der Waals surface area (Å²) in [6.45, 7) is 2.59. The molecular formula is C17H21N3O3S2. The van der Waals surface area contributed by atoms with E-state index in [0.717, 1.165) is 11.4 Å². The third kappa shape index (κ3) is 4.08. The largest absolute Gasteiger partial charge is 0.274 e. The van der Waals surface area contributed by atoms with Gasteiger partial charge >= 0.3 is 0 Å². The van der Waals surface area contributed by atoms with Crippen molar-refractivity contribution in [2.45, 2.75) is 19.8 Å². The Labute approximate surface area is 152 Å². The minimum absolute atomic E-state index is 0.103. The Morgan fingerprint density at radius 2 is 2.04 bits per heavy atom. The van der Waals surface area contributed by atoms with E-state index in [-0.39, 0.29) is 18.4 Å². The monoisotopic (exact) mass is 379 g/mol. The number of nitrogens with zero attached hydrogens (tertiary/aromatic N) is 3. The van der Waals surface area contributed by atoms with Crippen LogP contribution in [-0.4, -0.2) is 43.0 Å². The second-order valence-electron chi connectivity index (χ2n) is 6.24. The highest BCUT2D eigenvalue weighted by atomic mass is 32.2. The van der Waals surface area contributed by atoms with Crippen LogP contribution in [0.5, 0.6) is 0 Å². The molecule has 8 heteroatoms. The molecule has 0 N–H and O–H groups in total. The molecule has 1 atom stereocenters. The fourth-order valence-electron chi connectivity index (χ4n) is 2.98. The van der Waals surface area contributed by atoms with E-state index in [1.54, 1.807) is 4.90 Å². The van der Waals surface area contributed by atoms with Gasteiger partial charge in [0, 0.05) is 18.5 Å². The SMILES string of the molecule is Cc1csc(N(C(=O)C2CCCN(S(C)(=O)=O)C2)c2ccccc2)n1. The highest BCUT2D eigenvalue weighted by Gasteiger charge is 2.34. The highest BCUT2D eigenvalue weighted by Crippen LogP contribution is 2.32. The van der Waals surface area contributed by atoms with E-state index in [1.807, 2.05) is 42.6 Å². The van der Waals surface area contributed by atoms with Crippen molar-refractivity contribution in [3.05, 3.63) is 41.4 Å². The van der Waals surface area contributed by atoms with Gasteiger partial charge in [-0.1, -0.05) is 18.2 Å².